The van der Waals surface area contributed by atoms with E-state index in [0.717, 1.165) is 10.9 Å². The zero-order valence-corrected chi connectivity index (χ0v) is 11.8. The van der Waals surface area contributed by atoms with E-state index < -0.39 is 5.97 Å². The van der Waals surface area contributed by atoms with Crippen LogP contribution in [0.5, 0.6) is 0 Å². The van der Waals surface area contributed by atoms with Crippen molar-refractivity contribution in [3.05, 3.63) is 36.0 Å². The molecule has 5 heteroatoms. The molecule has 2 aromatic rings. The number of benzene rings is 1. The second kappa shape index (κ2) is 5.77. The van der Waals surface area contributed by atoms with Crippen molar-refractivity contribution in [3.8, 4) is 0 Å². The van der Waals surface area contributed by atoms with Crippen molar-refractivity contribution in [1.29, 1.82) is 0 Å². The van der Waals surface area contributed by atoms with Gasteiger partial charge in [0.2, 0.25) is 0 Å². The van der Waals surface area contributed by atoms with Crippen LogP contribution in [0.4, 0.5) is 0 Å². The van der Waals surface area contributed by atoms with Gasteiger partial charge in [-0.2, -0.15) is 0 Å². The maximum absolute atomic E-state index is 12.5. The molecular formula is C15H18N2O3. The van der Waals surface area contributed by atoms with Gasteiger partial charge in [0.05, 0.1) is 7.11 Å². The van der Waals surface area contributed by atoms with Crippen molar-refractivity contribution in [1.82, 2.24) is 9.88 Å². The number of methoxy groups -OCH3 is 1. The maximum atomic E-state index is 12.5. The molecule has 0 unspecified atom stereocenters. The van der Waals surface area contributed by atoms with Crippen LogP contribution in [0.25, 0.3) is 10.9 Å². The molecule has 0 saturated heterocycles. The maximum Gasteiger partial charge on any atom is 0.325 e. The van der Waals surface area contributed by atoms with E-state index in [-0.39, 0.29) is 18.5 Å². The van der Waals surface area contributed by atoms with Crippen LogP contribution in [0.1, 0.15) is 24.2 Å². The first-order chi connectivity index (χ1) is 9.52. The zero-order chi connectivity index (χ0) is 14.7. The van der Waals surface area contributed by atoms with Gasteiger partial charge < -0.3 is 14.6 Å². The quantitative estimate of drug-likeness (QED) is 0.869. The Balaban J connectivity index is 2.28. The number of esters is 1. The Morgan fingerprint density at radius 1 is 1.30 bits per heavy atom. The summed E-state index contributed by atoms with van der Waals surface area (Å²) in [6, 6.07) is 7.27. The average Bonchev–Trinajstić information content (AvgIpc) is 2.90. The van der Waals surface area contributed by atoms with Crippen LogP contribution in [-0.2, 0) is 9.53 Å². The molecule has 0 atom stereocenters. The van der Waals surface area contributed by atoms with E-state index in [2.05, 4.69) is 9.72 Å². The highest BCUT2D eigenvalue weighted by Crippen LogP contribution is 2.16. The summed E-state index contributed by atoms with van der Waals surface area (Å²) in [5.74, 6) is -0.594. The molecule has 20 heavy (non-hydrogen) atoms. The number of nitrogens with one attached hydrogen (secondary N) is 1. The molecule has 1 N–H and O–H groups in total. The van der Waals surface area contributed by atoms with Gasteiger partial charge in [0.1, 0.15) is 6.54 Å². The SMILES string of the molecule is COC(=O)CN(C(=O)c1ccc2[nH]ccc2c1)C(C)C. The highest BCUT2D eigenvalue weighted by molar-refractivity contribution is 5.99. The number of carbonyl (C=O) groups is 2. The molecule has 0 saturated carbocycles. The number of hydrogen-bond donors (Lipinski definition) is 1. The second-order valence-corrected chi connectivity index (χ2v) is 4.88. The Labute approximate surface area is 117 Å². The first-order valence-electron chi connectivity index (χ1n) is 6.48. The van der Waals surface area contributed by atoms with Crippen LogP contribution in [0.3, 0.4) is 0 Å². The third-order valence-electron chi connectivity index (χ3n) is 3.21. The minimum atomic E-state index is -0.422. The summed E-state index contributed by atoms with van der Waals surface area (Å²) in [6.07, 6.45) is 1.83. The number of H-pyrrole nitrogens is 1. The van der Waals surface area contributed by atoms with E-state index in [9.17, 15) is 9.59 Å². The van der Waals surface area contributed by atoms with E-state index in [1.807, 2.05) is 38.2 Å². The number of aromatic nitrogens is 1. The first kappa shape index (κ1) is 14.1. The van der Waals surface area contributed by atoms with E-state index in [4.69, 9.17) is 0 Å². The van der Waals surface area contributed by atoms with Crippen molar-refractivity contribution >= 4 is 22.8 Å². The van der Waals surface area contributed by atoms with Crippen molar-refractivity contribution in [2.75, 3.05) is 13.7 Å². The van der Waals surface area contributed by atoms with Gasteiger partial charge in [-0.15, -0.1) is 0 Å². The Morgan fingerprint density at radius 2 is 2.05 bits per heavy atom. The zero-order valence-electron chi connectivity index (χ0n) is 11.8. The van der Waals surface area contributed by atoms with Crippen LogP contribution in [-0.4, -0.2) is 41.5 Å². The number of ether oxygens (including phenoxy) is 1. The van der Waals surface area contributed by atoms with E-state index in [0.29, 0.717) is 5.56 Å². The predicted octanol–water partition coefficient (Wildman–Crippen LogP) is 2.19. The summed E-state index contributed by atoms with van der Waals surface area (Å²) in [5, 5.41) is 0.970. The molecule has 1 amide bonds. The monoisotopic (exact) mass is 274 g/mol. The van der Waals surface area contributed by atoms with Crippen LogP contribution in [0, 0.1) is 0 Å². The van der Waals surface area contributed by atoms with Crippen molar-refractivity contribution in [2.24, 2.45) is 0 Å². The van der Waals surface area contributed by atoms with Gasteiger partial charge in [0, 0.05) is 28.7 Å². The Kier molecular flexibility index (Phi) is 4.08. The highest BCUT2D eigenvalue weighted by atomic mass is 16.5. The van der Waals surface area contributed by atoms with Gasteiger partial charge >= 0.3 is 5.97 Å². The van der Waals surface area contributed by atoms with Crippen molar-refractivity contribution in [3.63, 3.8) is 0 Å². The summed E-state index contributed by atoms with van der Waals surface area (Å²) in [4.78, 5) is 28.5. The van der Waals surface area contributed by atoms with Crippen molar-refractivity contribution in [2.45, 2.75) is 19.9 Å². The predicted molar refractivity (Wildman–Crippen MR) is 76.5 cm³/mol. The molecule has 0 spiro atoms. The molecule has 0 aliphatic carbocycles. The molecule has 106 valence electrons. The number of carbonyl (C=O) groups excluding carboxylic acids is 2. The number of rotatable bonds is 4. The number of aromatic amines is 1. The van der Waals surface area contributed by atoms with Crippen LogP contribution in [0.2, 0.25) is 0 Å². The summed E-state index contributed by atoms with van der Waals surface area (Å²) >= 11 is 0. The largest absolute Gasteiger partial charge is 0.468 e. The van der Waals surface area contributed by atoms with Gasteiger partial charge in [-0.25, -0.2) is 0 Å². The molecule has 0 bridgehead atoms. The summed E-state index contributed by atoms with van der Waals surface area (Å²) < 4.78 is 4.64. The fourth-order valence-corrected chi connectivity index (χ4v) is 2.04. The standard InChI is InChI=1S/C15H18N2O3/c1-10(2)17(9-14(18)20-3)15(19)12-4-5-13-11(8-12)6-7-16-13/h4-8,10,16H,9H2,1-3H3. The number of amides is 1. The normalized spacial score (nSPS) is 10.8. The van der Waals surface area contributed by atoms with Crippen molar-refractivity contribution < 1.29 is 14.3 Å². The summed E-state index contributed by atoms with van der Waals surface area (Å²) in [7, 11) is 1.32. The third-order valence-corrected chi connectivity index (χ3v) is 3.21. The van der Waals surface area contributed by atoms with E-state index in [1.165, 1.54) is 12.0 Å². The molecule has 0 aliphatic rings. The fourth-order valence-electron chi connectivity index (χ4n) is 2.04. The minimum absolute atomic E-state index is 0.0435. The molecular weight excluding hydrogens is 256 g/mol. The Morgan fingerprint density at radius 3 is 2.70 bits per heavy atom. The first-order valence-corrected chi connectivity index (χ1v) is 6.48. The lowest BCUT2D eigenvalue weighted by molar-refractivity contribution is -0.141. The number of nitrogens with zero attached hydrogens (tertiary/aromatic N) is 1. The summed E-state index contributed by atoms with van der Waals surface area (Å²) in [6.45, 7) is 3.70. The minimum Gasteiger partial charge on any atom is -0.468 e. The molecule has 5 nitrogen and oxygen atoms in total. The highest BCUT2D eigenvalue weighted by Gasteiger charge is 2.22. The Hall–Kier alpha value is -2.30. The molecule has 1 aromatic carbocycles. The fraction of sp³-hybridized carbons (Fsp3) is 0.333. The number of hydrogen-bond acceptors (Lipinski definition) is 3. The number of fused-ring (bicyclic) bond motifs is 1. The molecule has 0 fully saturated rings. The molecule has 2 rings (SSSR count). The molecule has 1 aromatic heterocycles. The van der Waals surface area contributed by atoms with E-state index in [1.54, 1.807) is 6.07 Å². The van der Waals surface area contributed by atoms with Crippen LogP contribution in [0.15, 0.2) is 30.5 Å². The Bertz CT molecular complexity index is 631. The van der Waals surface area contributed by atoms with Gasteiger partial charge in [0.25, 0.3) is 5.91 Å². The van der Waals surface area contributed by atoms with Crippen LogP contribution < -0.4 is 0 Å². The van der Waals surface area contributed by atoms with Gasteiger partial charge in [-0.05, 0) is 38.1 Å². The smallest absolute Gasteiger partial charge is 0.325 e. The van der Waals surface area contributed by atoms with Gasteiger partial charge in [-0.1, -0.05) is 0 Å². The second-order valence-electron chi connectivity index (χ2n) is 4.88. The topological polar surface area (TPSA) is 62.4 Å². The lowest BCUT2D eigenvalue weighted by atomic mass is 10.1. The van der Waals surface area contributed by atoms with Gasteiger partial charge in [-0.3, -0.25) is 9.59 Å². The molecule has 0 aliphatic heterocycles. The van der Waals surface area contributed by atoms with Crippen LogP contribution >= 0.6 is 0 Å². The molecule has 0 radical (unpaired) electrons. The average molecular weight is 274 g/mol. The summed E-state index contributed by atoms with van der Waals surface area (Å²) in [5.41, 5.74) is 1.54. The van der Waals surface area contributed by atoms with Gasteiger partial charge in [0.15, 0.2) is 0 Å². The van der Waals surface area contributed by atoms with E-state index >= 15 is 0 Å². The third kappa shape index (κ3) is 2.82. The lowest BCUT2D eigenvalue weighted by Crippen LogP contribution is -2.41. The lowest BCUT2D eigenvalue weighted by Gasteiger charge is -2.25. The molecule has 1 heterocycles.